The lowest BCUT2D eigenvalue weighted by Crippen LogP contribution is -2.10. The van der Waals surface area contributed by atoms with E-state index in [1.54, 1.807) is 20.3 Å². The summed E-state index contributed by atoms with van der Waals surface area (Å²) in [6, 6.07) is 21.5. The van der Waals surface area contributed by atoms with Crippen LogP contribution in [0.3, 0.4) is 0 Å². The van der Waals surface area contributed by atoms with Crippen molar-refractivity contribution in [3.8, 4) is 11.5 Å². The topological polar surface area (TPSA) is 59.6 Å². The molecule has 0 saturated carbocycles. The number of nitrogens with one attached hydrogen (secondary N) is 2. The molecular formula is C23H19IN2O3. The van der Waals surface area contributed by atoms with Gasteiger partial charge in [-0.05, 0) is 58.5 Å². The summed E-state index contributed by atoms with van der Waals surface area (Å²) in [6.45, 7) is 0. The number of carbonyl (C=O) groups excluding carboxylic acids is 1. The summed E-state index contributed by atoms with van der Waals surface area (Å²) in [5.41, 5.74) is 4.57. The zero-order valence-corrected chi connectivity index (χ0v) is 18.1. The van der Waals surface area contributed by atoms with Gasteiger partial charge >= 0.3 is 0 Å². The zero-order chi connectivity index (χ0) is 20.4. The predicted octanol–water partition coefficient (Wildman–Crippen LogP) is 5.24. The highest BCUT2D eigenvalue weighted by Gasteiger charge is 2.30. The first-order chi connectivity index (χ1) is 14.1. The van der Waals surface area contributed by atoms with Crippen molar-refractivity contribution >= 4 is 51.1 Å². The van der Waals surface area contributed by atoms with Crippen molar-refractivity contribution in [1.82, 2.24) is 0 Å². The Balaban J connectivity index is 1.91. The molecule has 1 aliphatic heterocycles. The Kier molecular flexibility index (Phi) is 5.44. The Morgan fingerprint density at radius 3 is 2.24 bits per heavy atom. The summed E-state index contributed by atoms with van der Waals surface area (Å²) < 4.78 is 12.0. The maximum absolute atomic E-state index is 13.0. The number of ether oxygens (including phenoxy) is 2. The molecule has 0 spiro atoms. The summed E-state index contributed by atoms with van der Waals surface area (Å²) in [5.74, 6) is 0.966. The molecule has 1 heterocycles. The molecule has 4 rings (SSSR count). The van der Waals surface area contributed by atoms with Crippen molar-refractivity contribution < 1.29 is 14.3 Å². The Hall–Kier alpha value is -3.00. The van der Waals surface area contributed by atoms with Gasteiger partial charge in [-0.1, -0.05) is 30.3 Å². The fraction of sp³-hybridized carbons (Fsp3) is 0.0870. The van der Waals surface area contributed by atoms with E-state index in [1.165, 1.54) is 0 Å². The van der Waals surface area contributed by atoms with Crippen LogP contribution in [0.1, 0.15) is 11.1 Å². The van der Waals surface area contributed by atoms with Gasteiger partial charge in [-0.2, -0.15) is 0 Å². The van der Waals surface area contributed by atoms with E-state index in [4.69, 9.17) is 9.47 Å². The molecule has 0 bridgehead atoms. The number of hydrogen-bond donors (Lipinski definition) is 2. The quantitative estimate of drug-likeness (QED) is 0.373. The normalized spacial score (nSPS) is 14.1. The summed E-state index contributed by atoms with van der Waals surface area (Å²) in [6.07, 6.45) is 0. The SMILES string of the molecule is COc1cc2c(cc1OC)/C(=C(/Nc1ccc(I)cc1)c1ccccc1)C(=O)N2. The van der Waals surface area contributed by atoms with Gasteiger partial charge in [0, 0.05) is 20.9 Å². The highest BCUT2D eigenvalue weighted by atomic mass is 127. The first-order valence-electron chi connectivity index (χ1n) is 9.00. The van der Waals surface area contributed by atoms with Gasteiger partial charge < -0.3 is 20.1 Å². The maximum atomic E-state index is 13.0. The number of halogens is 1. The molecule has 3 aromatic carbocycles. The van der Waals surface area contributed by atoms with Crippen LogP contribution in [-0.2, 0) is 4.79 Å². The van der Waals surface area contributed by atoms with Gasteiger partial charge in [-0.3, -0.25) is 4.79 Å². The lowest BCUT2D eigenvalue weighted by Gasteiger charge is -2.15. The first-order valence-corrected chi connectivity index (χ1v) is 10.1. The molecule has 0 aliphatic carbocycles. The van der Waals surface area contributed by atoms with Crippen LogP contribution in [0.5, 0.6) is 11.5 Å². The third-order valence-corrected chi connectivity index (χ3v) is 5.41. The summed E-state index contributed by atoms with van der Waals surface area (Å²) in [5, 5.41) is 6.39. The number of anilines is 2. The van der Waals surface area contributed by atoms with Crippen molar-refractivity contribution in [1.29, 1.82) is 0 Å². The molecule has 0 unspecified atom stereocenters. The highest BCUT2D eigenvalue weighted by Crippen LogP contribution is 2.43. The summed E-state index contributed by atoms with van der Waals surface area (Å²) >= 11 is 2.27. The molecule has 3 aromatic rings. The van der Waals surface area contributed by atoms with E-state index in [-0.39, 0.29) is 5.91 Å². The lowest BCUT2D eigenvalue weighted by atomic mass is 9.99. The highest BCUT2D eigenvalue weighted by molar-refractivity contribution is 14.1. The van der Waals surface area contributed by atoms with Crippen LogP contribution >= 0.6 is 22.6 Å². The molecule has 29 heavy (non-hydrogen) atoms. The van der Waals surface area contributed by atoms with Gasteiger partial charge in [0.2, 0.25) is 0 Å². The molecule has 1 aliphatic rings. The number of amides is 1. The van der Waals surface area contributed by atoms with Gasteiger partial charge in [0.1, 0.15) is 0 Å². The second-order valence-electron chi connectivity index (χ2n) is 6.45. The smallest absolute Gasteiger partial charge is 0.258 e. The summed E-state index contributed by atoms with van der Waals surface area (Å²) in [4.78, 5) is 13.0. The van der Waals surface area contributed by atoms with E-state index in [0.717, 1.165) is 26.1 Å². The molecular weight excluding hydrogens is 479 g/mol. The molecule has 6 heteroatoms. The Bertz CT molecular complexity index is 1090. The fourth-order valence-electron chi connectivity index (χ4n) is 3.31. The maximum Gasteiger partial charge on any atom is 0.258 e. The van der Waals surface area contributed by atoms with E-state index in [1.807, 2.05) is 60.7 Å². The van der Waals surface area contributed by atoms with Crippen molar-refractivity contribution in [2.45, 2.75) is 0 Å². The van der Waals surface area contributed by atoms with Gasteiger partial charge in [0.15, 0.2) is 11.5 Å². The number of carbonyl (C=O) groups is 1. The monoisotopic (exact) mass is 498 g/mol. The zero-order valence-electron chi connectivity index (χ0n) is 16.0. The number of methoxy groups -OCH3 is 2. The van der Waals surface area contributed by atoms with Crippen molar-refractivity contribution in [2.24, 2.45) is 0 Å². The van der Waals surface area contributed by atoms with Crippen molar-refractivity contribution in [2.75, 3.05) is 24.9 Å². The minimum absolute atomic E-state index is 0.174. The lowest BCUT2D eigenvalue weighted by molar-refractivity contribution is -0.110. The Morgan fingerprint density at radius 1 is 0.931 bits per heavy atom. The molecule has 5 nitrogen and oxygen atoms in total. The van der Waals surface area contributed by atoms with Crippen LogP contribution in [0, 0.1) is 3.57 Å². The van der Waals surface area contributed by atoms with Crippen LogP contribution in [0.15, 0.2) is 66.7 Å². The van der Waals surface area contributed by atoms with E-state index >= 15 is 0 Å². The minimum atomic E-state index is -0.174. The average molecular weight is 498 g/mol. The second-order valence-corrected chi connectivity index (χ2v) is 7.70. The molecule has 0 radical (unpaired) electrons. The summed E-state index contributed by atoms with van der Waals surface area (Å²) in [7, 11) is 3.16. The average Bonchev–Trinajstić information content (AvgIpc) is 3.07. The van der Waals surface area contributed by atoms with Crippen LogP contribution in [0.2, 0.25) is 0 Å². The fourth-order valence-corrected chi connectivity index (χ4v) is 3.67. The molecule has 0 fully saturated rings. The molecule has 0 atom stereocenters. The molecule has 2 N–H and O–H groups in total. The van der Waals surface area contributed by atoms with Crippen LogP contribution in [0.4, 0.5) is 11.4 Å². The third kappa shape index (κ3) is 3.80. The van der Waals surface area contributed by atoms with E-state index in [9.17, 15) is 4.79 Å². The standard InChI is InChI=1S/C23H19IN2O3/c1-28-19-12-17-18(13-20(19)29-2)26-23(27)21(17)22(14-6-4-3-5-7-14)25-16-10-8-15(24)9-11-16/h3-13,25H,1-2H3,(H,26,27)/b22-21-. The second kappa shape index (κ2) is 8.16. The Morgan fingerprint density at radius 2 is 1.59 bits per heavy atom. The van der Waals surface area contributed by atoms with Gasteiger partial charge in [0.25, 0.3) is 5.91 Å². The first kappa shape index (κ1) is 19.3. The van der Waals surface area contributed by atoms with E-state index in [0.29, 0.717) is 22.8 Å². The predicted molar refractivity (Wildman–Crippen MR) is 124 cm³/mol. The molecule has 0 aromatic heterocycles. The number of hydrogen-bond acceptors (Lipinski definition) is 4. The van der Waals surface area contributed by atoms with Gasteiger partial charge in [0.05, 0.1) is 31.2 Å². The van der Waals surface area contributed by atoms with Crippen LogP contribution in [-0.4, -0.2) is 20.1 Å². The van der Waals surface area contributed by atoms with Gasteiger partial charge in [-0.15, -0.1) is 0 Å². The molecule has 0 saturated heterocycles. The van der Waals surface area contributed by atoms with E-state index in [2.05, 4.69) is 33.2 Å². The number of fused-ring (bicyclic) bond motifs is 1. The van der Waals surface area contributed by atoms with Crippen LogP contribution < -0.4 is 20.1 Å². The molecule has 146 valence electrons. The van der Waals surface area contributed by atoms with Crippen LogP contribution in [0.25, 0.3) is 11.3 Å². The number of rotatable bonds is 5. The Labute approximate surface area is 182 Å². The van der Waals surface area contributed by atoms with E-state index < -0.39 is 0 Å². The minimum Gasteiger partial charge on any atom is -0.493 e. The van der Waals surface area contributed by atoms with Gasteiger partial charge in [-0.25, -0.2) is 0 Å². The largest absolute Gasteiger partial charge is 0.493 e. The van der Waals surface area contributed by atoms with Crippen molar-refractivity contribution in [3.05, 3.63) is 81.4 Å². The molecule has 1 amide bonds. The van der Waals surface area contributed by atoms with Crippen molar-refractivity contribution in [3.63, 3.8) is 0 Å². The third-order valence-electron chi connectivity index (χ3n) is 4.69. The number of benzene rings is 3.